The third kappa shape index (κ3) is 5.19. The summed E-state index contributed by atoms with van der Waals surface area (Å²) in [6, 6.07) is 18.1. The fourth-order valence-electron chi connectivity index (χ4n) is 3.04. The van der Waals surface area contributed by atoms with Gasteiger partial charge < -0.3 is 19.9 Å². The molecule has 0 spiro atoms. The molecule has 0 aliphatic heterocycles. The molecule has 0 fully saturated rings. The second kappa shape index (κ2) is 9.75. The third-order valence-corrected chi connectivity index (χ3v) is 4.78. The van der Waals surface area contributed by atoms with Crippen LogP contribution in [-0.4, -0.2) is 35.1 Å². The Labute approximate surface area is 180 Å². The van der Waals surface area contributed by atoms with Crippen LogP contribution in [0.4, 0.5) is 0 Å². The monoisotopic (exact) mass is 420 g/mol. The first-order valence-electron chi connectivity index (χ1n) is 9.79. The van der Waals surface area contributed by atoms with Gasteiger partial charge in [-0.1, -0.05) is 48.5 Å². The highest BCUT2D eigenvalue weighted by atomic mass is 16.5. The van der Waals surface area contributed by atoms with Crippen LogP contribution in [0, 0.1) is 0 Å². The average molecular weight is 420 g/mol. The van der Waals surface area contributed by atoms with Gasteiger partial charge in [-0.05, 0) is 36.6 Å². The zero-order valence-electron chi connectivity index (χ0n) is 17.5. The van der Waals surface area contributed by atoms with Gasteiger partial charge in [0, 0.05) is 12.3 Å². The van der Waals surface area contributed by atoms with Crippen molar-refractivity contribution in [2.24, 2.45) is 0 Å². The lowest BCUT2D eigenvalue weighted by Crippen LogP contribution is -2.40. The lowest BCUT2D eigenvalue weighted by Gasteiger charge is -2.19. The molecule has 0 aliphatic rings. The molecule has 7 heteroatoms. The number of rotatable bonds is 7. The average Bonchev–Trinajstić information content (AvgIpc) is 2.79. The first-order chi connectivity index (χ1) is 14.9. The second-order valence-corrected chi connectivity index (χ2v) is 6.98. The number of benzene rings is 2. The molecular formula is C24H24N2O5. The van der Waals surface area contributed by atoms with Crippen LogP contribution in [-0.2, 0) is 9.53 Å². The number of aromatic hydroxyl groups is 1. The molecule has 0 unspecified atom stereocenters. The van der Waals surface area contributed by atoms with Crippen LogP contribution in [0.2, 0.25) is 0 Å². The minimum absolute atomic E-state index is 0.113. The summed E-state index contributed by atoms with van der Waals surface area (Å²) >= 11 is 0. The van der Waals surface area contributed by atoms with Crippen LogP contribution >= 0.6 is 0 Å². The topological polar surface area (TPSA) is 97.8 Å². The molecular weight excluding hydrogens is 396 g/mol. The number of hydrogen-bond acceptors (Lipinski definition) is 6. The summed E-state index contributed by atoms with van der Waals surface area (Å²) in [5.41, 5.74) is 2.68. The van der Waals surface area contributed by atoms with Gasteiger partial charge in [0.2, 0.25) is 0 Å². The zero-order chi connectivity index (χ0) is 22.4. The summed E-state index contributed by atoms with van der Waals surface area (Å²) < 4.78 is 10.5. The summed E-state index contributed by atoms with van der Waals surface area (Å²) in [5.74, 6) is -1.59. The zero-order valence-corrected chi connectivity index (χ0v) is 17.5. The van der Waals surface area contributed by atoms with Gasteiger partial charge in [0.25, 0.3) is 5.91 Å². The van der Waals surface area contributed by atoms with E-state index in [1.165, 1.54) is 26.3 Å². The highest BCUT2D eigenvalue weighted by molar-refractivity contribution is 5.97. The number of esters is 1. The van der Waals surface area contributed by atoms with E-state index in [2.05, 4.69) is 10.3 Å². The van der Waals surface area contributed by atoms with E-state index in [1.54, 1.807) is 6.92 Å². The number of hydrogen-bond donors (Lipinski definition) is 2. The van der Waals surface area contributed by atoms with E-state index in [4.69, 9.17) is 9.47 Å². The van der Waals surface area contributed by atoms with Crippen molar-refractivity contribution in [3.8, 4) is 22.6 Å². The molecule has 0 bridgehead atoms. The number of carbonyl (C=O) groups is 2. The Morgan fingerprint density at radius 1 is 1.00 bits per heavy atom. The summed E-state index contributed by atoms with van der Waals surface area (Å²) in [7, 11) is 1.37. The largest absolute Gasteiger partial charge is 0.503 e. The lowest BCUT2D eigenvalue weighted by molar-refractivity contribution is -0.150. The van der Waals surface area contributed by atoms with Gasteiger partial charge in [-0.15, -0.1) is 0 Å². The summed E-state index contributed by atoms with van der Waals surface area (Å²) in [6.45, 7) is 3.27. The number of methoxy groups -OCH3 is 1. The maximum atomic E-state index is 12.5. The van der Waals surface area contributed by atoms with Crippen LogP contribution in [0.1, 0.15) is 36.0 Å². The molecule has 1 amide bonds. The molecule has 31 heavy (non-hydrogen) atoms. The van der Waals surface area contributed by atoms with Gasteiger partial charge in [0.15, 0.2) is 17.2 Å². The van der Waals surface area contributed by atoms with Crippen molar-refractivity contribution < 1.29 is 24.2 Å². The number of nitrogens with zero attached hydrogens (tertiary/aromatic N) is 1. The fraction of sp³-hybridized carbons (Fsp3) is 0.208. The Morgan fingerprint density at radius 2 is 1.71 bits per heavy atom. The normalized spacial score (nSPS) is 12.5. The summed E-state index contributed by atoms with van der Waals surface area (Å²) in [4.78, 5) is 28.8. The van der Waals surface area contributed by atoms with Crippen LogP contribution in [0.5, 0.6) is 11.5 Å². The van der Waals surface area contributed by atoms with E-state index in [9.17, 15) is 14.7 Å². The second-order valence-electron chi connectivity index (χ2n) is 6.98. The maximum absolute atomic E-state index is 12.5. The van der Waals surface area contributed by atoms with Crippen molar-refractivity contribution in [3.63, 3.8) is 0 Å². The van der Waals surface area contributed by atoms with Gasteiger partial charge in [-0.2, -0.15) is 0 Å². The molecule has 1 heterocycles. The van der Waals surface area contributed by atoms with Crippen LogP contribution in [0.3, 0.4) is 0 Å². The summed E-state index contributed by atoms with van der Waals surface area (Å²) in [5, 5.41) is 12.6. The van der Waals surface area contributed by atoms with E-state index >= 15 is 0 Å². The van der Waals surface area contributed by atoms with Gasteiger partial charge >= 0.3 is 5.97 Å². The van der Waals surface area contributed by atoms with Crippen molar-refractivity contribution in [1.82, 2.24) is 10.3 Å². The van der Waals surface area contributed by atoms with Crippen LogP contribution < -0.4 is 10.1 Å². The highest BCUT2D eigenvalue weighted by Crippen LogP contribution is 2.28. The van der Waals surface area contributed by atoms with Crippen LogP contribution in [0.15, 0.2) is 66.9 Å². The first kappa shape index (κ1) is 21.8. The van der Waals surface area contributed by atoms with Gasteiger partial charge in [-0.3, -0.25) is 4.79 Å². The number of ether oxygens (including phenoxy) is 2. The predicted molar refractivity (Wildman–Crippen MR) is 116 cm³/mol. The quantitative estimate of drug-likeness (QED) is 0.563. The molecule has 2 atom stereocenters. The van der Waals surface area contributed by atoms with Crippen molar-refractivity contribution in [2.75, 3.05) is 7.11 Å². The third-order valence-electron chi connectivity index (χ3n) is 4.78. The van der Waals surface area contributed by atoms with E-state index in [0.29, 0.717) is 0 Å². The van der Waals surface area contributed by atoms with Crippen molar-refractivity contribution >= 4 is 11.9 Å². The smallest absolute Gasteiger partial charge is 0.328 e. The lowest BCUT2D eigenvalue weighted by atomic mass is 10.0. The minimum atomic E-state index is -0.945. The van der Waals surface area contributed by atoms with Crippen molar-refractivity contribution in [1.29, 1.82) is 0 Å². The SMILES string of the molecule is COc1ccnc(C(=O)N[C@@H](C)C(=O)O[C@@H](C)c2cccc(-c3ccccc3)c2)c1O. The van der Waals surface area contributed by atoms with E-state index in [1.807, 2.05) is 54.6 Å². The Kier molecular flexibility index (Phi) is 6.87. The van der Waals surface area contributed by atoms with Gasteiger partial charge in [0.05, 0.1) is 7.11 Å². The van der Waals surface area contributed by atoms with Gasteiger partial charge in [0.1, 0.15) is 12.1 Å². The maximum Gasteiger partial charge on any atom is 0.328 e. The molecule has 0 saturated heterocycles. The Morgan fingerprint density at radius 3 is 2.42 bits per heavy atom. The van der Waals surface area contributed by atoms with E-state index < -0.39 is 29.8 Å². The molecule has 2 aromatic carbocycles. The minimum Gasteiger partial charge on any atom is -0.503 e. The van der Waals surface area contributed by atoms with Crippen LogP contribution in [0.25, 0.3) is 11.1 Å². The van der Waals surface area contributed by atoms with Crippen molar-refractivity contribution in [2.45, 2.75) is 26.0 Å². The fourth-order valence-corrected chi connectivity index (χ4v) is 3.04. The standard InChI is InChI=1S/C24H24N2O5/c1-15(26-23(28)21-22(27)20(30-3)12-13-25-21)24(29)31-16(2)18-10-7-11-19(14-18)17-8-5-4-6-9-17/h4-16,27H,1-3H3,(H,26,28)/t15-,16-/m0/s1. The van der Waals surface area contributed by atoms with Crippen molar-refractivity contribution in [3.05, 3.63) is 78.1 Å². The van der Waals surface area contributed by atoms with E-state index in [-0.39, 0.29) is 11.4 Å². The molecule has 3 aromatic rings. The number of amides is 1. The highest BCUT2D eigenvalue weighted by Gasteiger charge is 2.24. The summed E-state index contributed by atoms with van der Waals surface area (Å²) in [6.07, 6.45) is 0.817. The van der Waals surface area contributed by atoms with E-state index in [0.717, 1.165) is 16.7 Å². The molecule has 2 N–H and O–H groups in total. The molecule has 7 nitrogen and oxygen atoms in total. The Balaban J connectivity index is 1.65. The molecule has 160 valence electrons. The molecule has 0 radical (unpaired) electrons. The number of pyridine rings is 1. The molecule has 1 aromatic heterocycles. The molecule has 0 saturated carbocycles. The van der Waals surface area contributed by atoms with Gasteiger partial charge in [-0.25, -0.2) is 9.78 Å². The molecule has 0 aliphatic carbocycles. The number of carbonyl (C=O) groups excluding carboxylic acids is 2. The number of aromatic nitrogens is 1. The number of nitrogens with one attached hydrogen (secondary N) is 1. The Hall–Kier alpha value is -3.87. The Bertz CT molecular complexity index is 1070. The predicted octanol–water partition coefficient (Wildman–Crippen LogP) is 3.89. The molecule has 3 rings (SSSR count). The first-order valence-corrected chi connectivity index (χ1v) is 9.79.